The van der Waals surface area contributed by atoms with Gasteiger partial charge in [0.15, 0.2) is 0 Å². The van der Waals surface area contributed by atoms with E-state index in [1.807, 2.05) is 0 Å². The van der Waals surface area contributed by atoms with Crippen LogP contribution >= 0.6 is 0 Å². The molecule has 2 N–H and O–H groups in total. The van der Waals surface area contributed by atoms with Gasteiger partial charge in [-0.2, -0.15) is 0 Å². The fourth-order valence-electron chi connectivity index (χ4n) is 1.07. The number of rotatable bonds is 3. The van der Waals surface area contributed by atoms with Gasteiger partial charge in [0.1, 0.15) is 5.75 Å². The van der Waals surface area contributed by atoms with Gasteiger partial charge >= 0.3 is 7.12 Å². The van der Waals surface area contributed by atoms with E-state index < -0.39 is 7.12 Å². The summed E-state index contributed by atoms with van der Waals surface area (Å²) in [5, 5.41) is 18.0. The topological polar surface area (TPSA) is 62.6 Å². The van der Waals surface area contributed by atoms with Crippen molar-refractivity contribution in [2.45, 2.75) is 18.9 Å². The van der Waals surface area contributed by atoms with Gasteiger partial charge < -0.3 is 14.8 Å². The molecule has 2 rings (SSSR count). The molecular formula is C8H10BNO3. The lowest BCUT2D eigenvalue weighted by molar-refractivity contribution is 0.302. The highest BCUT2D eigenvalue weighted by molar-refractivity contribution is 6.59. The molecule has 0 radical (unpaired) electrons. The molecule has 0 unspecified atom stereocenters. The average Bonchev–Trinajstić information content (AvgIpc) is 2.89. The van der Waals surface area contributed by atoms with Gasteiger partial charge in [-0.1, -0.05) is 0 Å². The Labute approximate surface area is 76.3 Å². The molecule has 68 valence electrons. The van der Waals surface area contributed by atoms with Crippen LogP contribution in [0.25, 0.3) is 0 Å². The summed E-state index contributed by atoms with van der Waals surface area (Å²) in [4.78, 5) is 3.86. The summed E-state index contributed by atoms with van der Waals surface area (Å²) in [7, 11) is -1.49. The summed E-state index contributed by atoms with van der Waals surface area (Å²) >= 11 is 0. The third-order valence-electron chi connectivity index (χ3n) is 1.91. The van der Waals surface area contributed by atoms with Gasteiger partial charge in [0.25, 0.3) is 0 Å². The predicted octanol–water partition coefficient (Wildman–Crippen LogP) is -0.697. The van der Waals surface area contributed by atoms with Crippen LogP contribution in [0.1, 0.15) is 12.8 Å². The van der Waals surface area contributed by atoms with Crippen LogP contribution in [0, 0.1) is 0 Å². The van der Waals surface area contributed by atoms with Crippen molar-refractivity contribution in [3.05, 3.63) is 18.5 Å². The predicted molar refractivity (Wildman–Crippen MR) is 47.7 cm³/mol. The molecule has 0 atom stereocenters. The van der Waals surface area contributed by atoms with Gasteiger partial charge in [-0.15, -0.1) is 0 Å². The van der Waals surface area contributed by atoms with E-state index in [9.17, 15) is 0 Å². The largest absolute Gasteiger partial charge is 0.492 e. The number of nitrogens with zero attached hydrogens (tertiary/aromatic N) is 1. The second-order valence-corrected chi connectivity index (χ2v) is 3.10. The van der Waals surface area contributed by atoms with Crippen LogP contribution < -0.4 is 10.2 Å². The molecule has 1 heterocycles. The minimum atomic E-state index is -1.49. The van der Waals surface area contributed by atoms with Crippen molar-refractivity contribution in [2.75, 3.05) is 0 Å². The van der Waals surface area contributed by atoms with Gasteiger partial charge in [-0.25, -0.2) is 0 Å². The first kappa shape index (κ1) is 8.53. The third-order valence-corrected chi connectivity index (χ3v) is 1.91. The zero-order valence-corrected chi connectivity index (χ0v) is 7.05. The van der Waals surface area contributed by atoms with Gasteiger partial charge in [0.05, 0.1) is 12.3 Å². The smallest absolute Gasteiger partial charge is 0.489 e. The normalized spacial score (nSPS) is 15.5. The minimum Gasteiger partial charge on any atom is -0.489 e. The lowest BCUT2D eigenvalue weighted by Gasteiger charge is -2.08. The fraction of sp³-hybridized carbons (Fsp3) is 0.375. The molecule has 0 bridgehead atoms. The van der Waals surface area contributed by atoms with E-state index in [1.165, 1.54) is 12.4 Å². The van der Waals surface area contributed by atoms with Crippen molar-refractivity contribution in [3.8, 4) is 5.75 Å². The Morgan fingerprint density at radius 1 is 1.46 bits per heavy atom. The van der Waals surface area contributed by atoms with Crippen LogP contribution in [0.2, 0.25) is 0 Å². The van der Waals surface area contributed by atoms with Crippen molar-refractivity contribution in [2.24, 2.45) is 0 Å². The molecule has 0 spiro atoms. The molecule has 1 aromatic heterocycles. The number of ether oxygens (including phenoxy) is 1. The second-order valence-electron chi connectivity index (χ2n) is 3.10. The summed E-state index contributed by atoms with van der Waals surface area (Å²) in [5.74, 6) is 0.472. The molecule has 0 saturated heterocycles. The summed E-state index contributed by atoms with van der Waals surface area (Å²) in [6, 6.07) is 1.54. The SMILES string of the molecule is OB(O)c1ccncc1OC1CC1. The van der Waals surface area contributed by atoms with E-state index in [-0.39, 0.29) is 6.10 Å². The Kier molecular flexibility index (Phi) is 2.20. The van der Waals surface area contributed by atoms with E-state index in [0.717, 1.165) is 12.8 Å². The maximum Gasteiger partial charge on any atom is 0.492 e. The Hall–Kier alpha value is -1.07. The minimum absolute atomic E-state index is 0.238. The molecule has 1 saturated carbocycles. The number of hydrogen-bond acceptors (Lipinski definition) is 4. The maximum absolute atomic E-state index is 8.99. The highest BCUT2D eigenvalue weighted by atomic mass is 16.5. The Bertz CT molecular complexity index is 301. The molecule has 1 aliphatic rings. The van der Waals surface area contributed by atoms with Crippen molar-refractivity contribution < 1.29 is 14.8 Å². The molecule has 1 aliphatic carbocycles. The van der Waals surface area contributed by atoms with Gasteiger partial charge in [0, 0.05) is 11.7 Å². The molecule has 0 amide bonds. The quantitative estimate of drug-likeness (QED) is 0.602. The van der Waals surface area contributed by atoms with E-state index in [1.54, 1.807) is 6.07 Å². The van der Waals surface area contributed by atoms with E-state index in [0.29, 0.717) is 11.2 Å². The maximum atomic E-state index is 8.99. The number of pyridine rings is 1. The average molecular weight is 179 g/mol. The van der Waals surface area contributed by atoms with Gasteiger partial charge in [-0.3, -0.25) is 4.98 Å². The molecule has 1 aromatic rings. The molecule has 13 heavy (non-hydrogen) atoms. The molecule has 0 aliphatic heterocycles. The van der Waals surface area contributed by atoms with Crippen LogP contribution in [-0.2, 0) is 0 Å². The van der Waals surface area contributed by atoms with E-state index in [2.05, 4.69) is 4.98 Å². The zero-order chi connectivity index (χ0) is 9.26. The van der Waals surface area contributed by atoms with Crippen molar-refractivity contribution in [3.63, 3.8) is 0 Å². The molecule has 4 nitrogen and oxygen atoms in total. The monoisotopic (exact) mass is 179 g/mol. The summed E-state index contributed by atoms with van der Waals surface area (Å²) in [6.45, 7) is 0. The van der Waals surface area contributed by atoms with Crippen molar-refractivity contribution in [1.82, 2.24) is 4.98 Å². The summed E-state index contributed by atoms with van der Waals surface area (Å²) in [6.07, 6.45) is 5.33. The highest BCUT2D eigenvalue weighted by Crippen LogP contribution is 2.25. The Balaban J connectivity index is 2.20. The zero-order valence-electron chi connectivity index (χ0n) is 7.05. The second kappa shape index (κ2) is 3.36. The van der Waals surface area contributed by atoms with Crippen LogP contribution in [0.3, 0.4) is 0 Å². The first-order valence-electron chi connectivity index (χ1n) is 4.24. The number of hydrogen-bond donors (Lipinski definition) is 2. The first-order valence-corrected chi connectivity index (χ1v) is 4.24. The first-order chi connectivity index (χ1) is 6.27. The molecule has 1 fully saturated rings. The van der Waals surface area contributed by atoms with E-state index >= 15 is 0 Å². The van der Waals surface area contributed by atoms with Gasteiger partial charge in [0.2, 0.25) is 0 Å². The van der Waals surface area contributed by atoms with Crippen molar-refractivity contribution in [1.29, 1.82) is 0 Å². The van der Waals surface area contributed by atoms with Crippen LogP contribution in [0.4, 0.5) is 0 Å². The lowest BCUT2D eigenvalue weighted by atomic mass is 9.80. The Morgan fingerprint density at radius 3 is 2.85 bits per heavy atom. The third kappa shape index (κ3) is 1.99. The summed E-state index contributed by atoms with van der Waals surface area (Å²) < 4.78 is 5.44. The standard InChI is InChI=1S/C8H10BNO3/c11-9(12)7-3-4-10-5-8(7)13-6-1-2-6/h3-6,11-12H,1-2H2. The van der Waals surface area contributed by atoms with Crippen molar-refractivity contribution >= 4 is 12.6 Å². The van der Waals surface area contributed by atoms with E-state index in [4.69, 9.17) is 14.8 Å². The fourth-order valence-corrected chi connectivity index (χ4v) is 1.07. The van der Waals surface area contributed by atoms with Crippen LogP contribution in [0.5, 0.6) is 5.75 Å². The Morgan fingerprint density at radius 2 is 2.23 bits per heavy atom. The molecule has 0 aromatic carbocycles. The highest BCUT2D eigenvalue weighted by Gasteiger charge is 2.26. The van der Waals surface area contributed by atoms with Crippen LogP contribution in [0.15, 0.2) is 18.5 Å². The van der Waals surface area contributed by atoms with Gasteiger partial charge in [-0.05, 0) is 18.9 Å². The summed E-state index contributed by atoms with van der Waals surface area (Å²) in [5.41, 5.74) is 0.377. The number of aromatic nitrogens is 1. The lowest BCUT2D eigenvalue weighted by Crippen LogP contribution is -2.31. The molecular weight excluding hydrogens is 169 g/mol. The van der Waals surface area contributed by atoms with Crippen LogP contribution in [-0.4, -0.2) is 28.3 Å². The molecule has 5 heteroatoms.